The van der Waals surface area contributed by atoms with Crippen molar-refractivity contribution >= 4 is 58.3 Å². The largest absolute Gasteiger partial charge is 0.488 e. The Bertz CT molecular complexity index is 2410. The van der Waals surface area contributed by atoms with E-state index < -0.39 is 30.8 Å². The summed E-state index contributed by atoms with van der Waals surface area (Å²) in [5.74, 6) is -0.434. The Morgan fingerprint density at radius 1 is 0.702 bits per heavy atom. The highest BCUT2D eigenvalue weighted by atomic mass is 79.9. The molecule has 294 valence electrons. The molecule has 0 spiro atoms. The number of benzene rings is 2. The van der Waals surface area contributed by atoms with Crippen LogP contribution in [0.25, 0.3) is 40.7 Å². The molecule has 6 aromatic rings. The van der Waals surface area contributed by atoms with Crippen molar-refractivity contribution in [3.05, 3.63) is 129 Å². The molecular weight excluding hydrogens is 808 g/mol. The molecule has 14 nitrogen and oxygen atoms in total. The molecule has 57 heavy (non-hydrogen) atoms. The fourth-order valence-corrected chi connectivity index (χ4v) is 5.43. The summed E-state index contributed by atoms with van der Waals surface area (Å²) in [7, 11) is -1.39. The van der Waals surface area contributed by atoms with Crippen molar-refractivity contribution in [1.82, 2.24) is 39.5 Å². The molecule has 0 bridgehead atoms. The van der Waals surface area contributed by atoms with Crippen molar-refractivity contribution in [1.29, 1.82) is 0 Å². The third-order valence-electron chi connectivity index (χ3n) is 7.56. The monoisotopic (exact) mass is 844 g/mol. The third kappa shape index (κ3) is 12.9. The average molecular weight is 845 g/mol. The third-order valence-corrected chi connectivity index (χ3v) is 8.16. The predicted molar refractivity (Wildman–Crippen MR) is 214 cm³/mol. The summed E-state index contributed by atoms with van der Waals surface area (Å²) in [6.45, 7) is 9.74. The first kappa shape index (κ1) is 43.4. The molecule has 0 saturated carbocycles. The van der Waals surface area contributed by atoms with Crippen LogP contribution >= 0.6 is 15.9 Å². The van der Waals surface area contributed by atoms with Crippen LogP contribution < -0.4 is 16.9 Å². The SMILES string of the molecule is Cc1cc(B(O)O)ccn1.Cc1cc(C)cc(-c2ncn(/C=C(/C(N)=O)c3ccnc(C(F)(F)F)c3)n2)c1.Cc1cc(C)cc(-c2ncn(/C=C(\Br)C(N)=O)n2)c1. The quantitative estimate of drug-likeness (QED) is 0.122. The normalized spacial score (nSPS) is 11.6. The summed E-state index contributed by atoms with van der Waals surface area (Å²) >= 11 is 3.07. The van der Waals surface area contributed by atoms with Gasteiger partial charge in [-0.15, -0.1) is 10.2 Å². The second-order valence-corrected chi connectivity index (χ2v) is 13.5. The van der Waals surface area contributed by atoms with E-state index in [1.54, 1.807) is 25.3 Å². The molecule has 0 unspecified atom stereocenters. The molecule has 6 N–H and O–H groups in total. The number of nitrogens with zero attached hydrogens (tertiary/aromatic N) is 8. The number of hydrogen-bond acceptors (Lipinski definition) is 10. The molecule has 4 heterocycles. The van der Waals surface area contributed by atoms with E-state index in [1.807, 2.05) is 58.0 Å². The number of hydrogen-bond donors (Lipinski definition) is 4. The van der Waals surface area contributed by atoms with Crippen molar-refractivity contribution in [2.75, 3.05) is 0 Å². The topological polar surface area (TPSA) is 214 Å². The van der Waals surface area contributed by atoms with Crippen molar-refractivity contribution in [2.45, 2.75) is 40.8 Å². The van der Waals surface area contributed by atoms with E-state index in [2.05, 4.69) is 52.1 Å². The van der Waals surface area contributed by atoms with Crippen molar-refractivity contribution < 1.29 is 32.8 Å². The van der Waals surface area contributed by atoms with E-state index in [-0.39, 0.29) is 15.6 Å². The Morgan fingerprint density at radius 2 is 1.19 bits per heavy atom. The van der Waals surface area contributed by atoms with Gasteiger partial charge in [0.05, 0.1) is 11.8 Å². The van der Waals surface area contributed by atoms with Gasteiger partial charge in [-0.3, -0.25) is 19.6 Å². The highest BCUT2D eigenvalue weighted by Gasteiger charge is 2.33. The van der Waals surface area contributed by atoms with Gasteiger partial charge in [-0.2, -0.15) is 13.2 Å². The summed E-state index contributed by atoms with van der Waals surface area (Å²) in [6.07, 6.45) is 3.46. The zero-order valence-corrected chi connectivity index (χ0v) is 32.9. The summed E-state index contributed by atoms with van der Waals surface area (Å²) in [4.78, 5) is 38.3. The molecule has 0 atom stereocenters. The Hall–Kier alpha value is -6.31. The maximum atomic E-state index is 12.9. The van der Waals surface area contributed by atoms with E-state index >= 15 is 0 Å². The molecule has 0 aliphatic rings. The average Bonchev–Trinajstić information content (AvgIpc) is 3.80. The van der Waals surface area contributed by atoms with Gasteiger partial charge in [0.15, 0.2) is 11.6 Å². The zero-order valence-electron chi connectivity index (χ0n) is 31.3. The van der Waals surface area contributed by atoms with E-state index in [0.717, 1.165) is 51.3 Å². The van der Waals surface area contributed by atoms with E-state index in [4.69, 9.17) is 21.5 Å². The molecule has 2 amide bonds. The Kier molecular flexibility index (Phi) is 14.5. The summed E-state index contributed by atoms with van der Waals surface area (Å²) in [6, 6.07) is 17.2. The second-order valence-electron chi connectivity index (χ2n) is 12.6. The fourth-order valence-electron chi connectivity index (χ4n) is 5.22. The molecule has 0 fully saturated rings. The zero-order chi connectivity index (χ0) is 42.0. The molecule has 0 saturated heterocycles. The Balaban J connectivity index is 0.000000213. The highest BCUT2D eigenvalue weighted by molar-refractivity contribution is 9.12. The Morgan fingerprint density at radius 3 is 1.61 bits per heavy atom. The lowest BCUT2D eigenvalue weighted by Crippen LogP contribution is -2.29. The van der Waals surface area contributed by atoms with Gasteiger partial charge in [0.2, 0.25) is 0 Å². The number of nitrogens with two attached hydrogens (primary N) is 2. The van der Waals surface area contributed by atoms with Gasteiger partial charge in [0, 0.05) is 35.4 Å². The number of aromatic nitrogens is 8. The molecule has 0 aliphatic carbocycles. The Labute approximate surface area is 334 Å². The van der Waals surface area contributed by atoms with Gasteiger partial charge in [-0.05, 0) is 110 Å². The number of pyridine rings is 2. The molecule has 2 aromatic carbocycles. The summed E-state index contributed by atoms with van der Waals surface area (Å²) < 4.78 is 41.6. The van der Waals surface area contributed by atoms with Crippen LogP contribution in [-0.2, 0) is 15.8 Å². The molecular formula is C38H37BBrF3N10O4. The van der Waals surface area contributed by atoms with Gasteiger partial charge in [0.25, 0.3) is 11.8 Å². The lowest BCUT2D eigenvalue weighted by molar-refractivity contribution is -0.141. The molecule has 19 heteroatoms. The number of carbonyl (C=O) groups excluding carboxylic acids is 2. The van der Waals surface area contributed by atoms with E-state index in [0.29, 0.717) is 17.1 Å². The number of primary amides is 2. The maximum absolute atomic E-state index is 12.9. The van der Waals surface area contributed by atoms with Crippen LogP contribution in [0.5, 0.6) is 0 Å². The summed E-state index contributed by atoms with van der Waals surface area (Å²) in [5, 5.41) is 25.9. The lowest BCUT2D eigenvalue weighted by atomic mass is 9.81. The van der Waals surface area contributed by atoms with Gasteiger partial charge >= 0.3 is 13.3 Å². The summed E-state index contributed by atoms with van der Waals surface area (Å²) in [5.41, 5.74) is 16.6. The van der Waals surface area contributed by atoms with Crippen molar-refractivity contribution in [3.63, 3.8) is 0 Å². The minimum atomic E-state index is -4.64. The van der Waals surface area contributed by atoms with E-state index in [1.165, 1.54) is 40.5 Å². The molecule has 4 aromatic heterocycles. The van der Waals surface area contributed by atoms with Crippen LogP contribution in [0.4, 0.5) is 13.2 Å². The molecule has 6 rings (SSSR count). The smallest absolute Gasteiger partial charge is 0.423 e. The fraction of sp³-hybridized carbons (Fsp3) is 0.158. The second kappa shape index (κ2) is 19.0. The van der Waals surface area contributed by atoms with Crippen LogP contribution in [0.3, 0.4) is 0 Å². The van der Waals surface area contributed by atoms with Gasteiger partial charge in [-0.1, -0.05) is 34.4 Å². The molecule has 0 aliphatic heterocycles. The first-order chi connectivity index (χ1) is 26.8. The van der Waals surface area contributed by atoms with Crippen LogP contribution in [-0.4, -0.2) is 68.5 Å². The number of halogens is 4. The maximum Gasteiger partial charge on any atom is 0.488 e. The standard InChI is InChI=1S/C19H16F3N5O.C13H13BrN4O.C6H8BNO2/c1-11-5-12(2)7-14(6-11)18-25-10-27(26-18)9-15(17(23)28)13-3-4-24-16(8-13)19(20,21)22;1-8-3-9(2)5-10(4-8)13-16-7-18(17-13)6-11(14)12(15)19;1-5-4-6(7(9)10)2-3-8-5/h3-10H,1-2H3,(H2,23,28);3-7H,1-2H3,(H2,15,19);2-4,9-10H,1H3/b15-9+;11-6-;. The van der Waals surface area contributed by atoms with E-state index in [9.17, 15) is 22.8 Å². The minimum Gasteiger partial charge on any atom is -0.423 e. The highest BCUT2D eigenvalue weighted by Crippen LogP contribution is 2.29. The first-order valence-corrected chi connectivity index (χ1v) is 17.6. The van der Waals surface area contributed by atoms with Crippen LogP contribution in [0.2, 0.25) is 0 Å². The number of alkyl halides is 3. The van der Waals surface area contributed by atoms with Crippen LogP contribution in [0.1, 0.15) is 39.2 Å². The minimum absolute atomic E-state index is 0.0155. The van der Waals surface area contributed by atoms with Crippen molar-refractivity contribution in [2.24, 2.45) is 11.5 Å². The predicted octanol–water partition coefficient (Wildman–Crippen LogP) is 4.77. The lowest BCUT2D eigenvalue weighted by Gasteiger charge is -2.08. The van der Waals surface area contributed by atoms with Crippen molar-refractivity contribution in [3.8, 4) is 22.8 Å². The first-order valence-electron chi connectivity index (χ1n) is 16.8. The number of carbonyl (C=O) groups is 2. The van der Waals surface area contributed by atoms with Crippen LogP contribution in [0.15, 0.2) is 90.2 Å². The number of aryl methyl sites for hydroxylation is 5. The van der Waals surface area contributed by atoms with Gasteiger partial charge < -0.3 is 21.5 Å². The van der Waals surface area contributed by atoms with Crippen LogP contribution in [0, 0.1) is 34.6 Å². The molecule has 0 radical (unpaired) electrons. The van der Waals surface area contributed by atoms with Gasteiger partial charge in [0.1, 0.15) is 22.8 Å². The number of rotatable bonds is 8. The van der Waals surface area contributed by atoms with Gasteiger partial charge in [-0.25, -0.2) is 19.3 Å². The number of amides is 2.